The molecule has 2 aliphatic heterocycles. The van der Waals surface area contributed by atoms with E-state index in [0.29, 0.717) is 0 Å². The van der Waals surface area contributed by atoms with Crippen molar-refractivity contribution < 1.29 is 0 Å². The van der Waals surface area contributed by atoms with Gasteiger partial charge in [0.15, 0.2) is 0 Å². The summed E-state index contributed by atoms with van der Waals surface area (Å²) in [5, 5.41) is 4.82. The van der Waals surface area contributed by atoms with Gasteiger partial charge in [-0.15, -0.1) is 0 Å². The van der Waals surface area contributed by atoms with Gasteiger partial charge in [0.05, 0.1) is 22.8 Å². The molecule has 17 rings (SSSR count). The zero-order chi connectivity index (χ0) is 74.2. The summed E-state index contributed by atoms with van der Waals surface area (Å²) in [6, 6.07) is 116. The number of benzene rings is 13. The molecule has 0 spiro atoms. The lowest BCUT2D eigenvalue weighted by Gasteiger charge is -2.45. The maximum Gasteiger partial charge on any atom is 0.252 e. The van der Waals surface area contributed by atoms with Crippen LogP contribution in [-0.4, -0.2) is 15.8 Å². The Labute approximate surface area is 634 Å². The van der Waals surface area contributed by atoms with E-state index < -0.39 is 0 Å². The van der Waals surface area contributed by atoms with Crippen LogP contribution in [0.3, 0.4) is 0 Å². The summed E-state index contributed by atoms with van der Waals surface area (Å²) in [5.41, 5.74) is 33.0. The Balaban J connectivity index is 0.968. The topological polar surface area (TPSA) is 16.3 Å². The quantitative estimate of drug-likeness (QED) is 0.127. The molecule has 107 heavy (non-hydrogen) atoms. The normalized spacial score (nSPS) is 13.1. The third-order valence-corrected chi connectivity index (χ3v) is 22.6. The molecule has 2 aliphatic rings. The number of aromatic nitrogens is 2. The predicted octanol–water partition coefficient (Wildman–Crippen LogP) is 26.1. The van der Waals surface area contributed by atoms with Crippen LogP contribution in [-0.2, 0) is 27.1 Å². The van der Waals surface area contributed by atoms with E-state index >= 15 is 0 Å². The van der Waals surface area contributed by atoms with Gasteiger partial charge in [-0.2, -0.15) is 0 Å². The number of fused-ring (bicyclic) bond motifs is 6. The first-order valence-electron chi connectivity index (χ1n) is 38.3. The molecule has 4 heterocycles. The number of hydrogen-bond donors (Lipinski definition) is 0. The molecule has 0 bridgehead atoms. The van der Waals surface area contributed by atoms with E-state index in [4.69, 9.17) is 0 Å². The van der Waals surface area contributed by atoms with Gasteiger partial charge in [-0.05, 0) is 176 Å². The van der Waals surface area contributed by atoms with Crippen LogP contribution < -0.4 is 26.2 Å². The van der Waals surface area contributed by atoms with Crippen molar-refractivity contribution in [1.82, 2.24) is 9.13 Å². The predicted molar refractivity (Wildman–Crippen MR) is 460 cm³/mol. The lowest BCUT2D eigenvalue weighted by Crippen LogP contribution is -2.61. The van der Waals surface area contributed by atoms with Crippen molar-refractivity contribution in [3.63, 3.8) is 0 Å². The molecule has 0 atom stereocenters. The average molecular weight is 1390 g/mol. The smallest absolute Gasteiger partial charge is 0.252 e. The van der Waals surface area contributed by atoms with Crippen LogP contribution in [0.25, 0.3) is 100 Å². The Morgan fingerprint density at radius 1 is 0.206 bits per heavy atom. The Morgan fingerprint density at radius 3 is 0.729 bits per heavy atom. The van der Waals surface area contributed by atoms with Crippen molar-refractivity contribution >= 4 is 78.8 Å². The molecular formula is C102H95BN4. The lowest BCUT2D eigenvalue weighted by molar-refractivity contribution is 0.568. The van der Waals surface area contributed by atoms with E-state index in [2.05, 4.69) is 426 Å². The molecule has 0 aliphatic carbocycles. The first-order chi connectivity index (χ1) is 51.2. The van der Waals surface area contributed by atoms with Crippen LogP contribution in [0.5, 0.6) is 0 Å². The van der Waals surface area contributed by atoms with E-state index in [1.54, 1.807) is 0 Å². The van der Waals surface area contributed by atoms with E-state index in [9.17, 15) is 0 Å². The van der Waals surface area contributed by atoms with Crippen LogP contribution in [0, 0.1) is 0 Å². The second kappa shape index (κ2) is 25.7. The van der Waals surface area contributed by atoms with Gasteiger partial charge in [-0.1, -0.05) is 347 Å². The Hall–Kier alpha value is -11.4. The molecular weight excluding hydrogens is 1290 g/mol. The van der Waals surface area contributed by atoms with Gasteiger partial charge in [0.1, 0.15) is 0 Å². The molecule has 2 aromatic heterocycles. The monoisotopic (exact) mass is 1390 g/mol. The van der Waals surface area contributed by atoms with Gasteiger partial charge in [-0.25, -0.2) is 0 Å². The molecule has 0 unspecified atom stereocenters. The Bertz CT molecular complexity index is 5350. The molecule has 0 N–H and O–H groups in total. The largest absolute Gasteiger partial charge is 0.311 e. The second-order valence-corrected chi connectivity index (χ2v) is 35.1. The van der Waals surface area contributed by atoms with Crippen LogP contribution in [0.2, 0.25) is 0 Å². The van der Waals surface area contributed by atoms with Gasteiger partial charge < -0.3 is 18.9 Å². The highest BCUT2D eigenvalue weighted by atomic mass is 15.2. The van der Waals surface area contributed by atoms with Gasteiger partial charge in [-0.3, -0.25) is 0 Å². The van der Waals surface area contributed by atoms with Crippen molar-refractivity contribution in [3.05, 3.63) is 331 Å². The van der Waals surface area contributed by atoms with E-state index in [0.717, 1.165) is 79.2 Å². The summed E-state index contributed by atoms with van der Waals surface area (Å²) in [4.78, 5) is 5.26. The second-order valence-electron chi connectivity index (χ2n) is 35.1. The first kappa shape index (κ1) is 68.7. The van der Waals surface area contributed by atoms with Crippen molar-refractivity contribution in [2.75, 3.05) is 9.80 Å². The zero-order valence-corrected chi connectivity index (χ0v) is 64.7. The molecule has 0 amide bonds. The van der Waals surface area contributed by atoms with Gasteiger partial charge in [0, 0.05) is 67.0 Å². The summed E-state index contributed by atoms with van der Waals surface area (Å²) in [6.45, 7) is 35.0. The molecule has 4 nitrogen and oxygen atoms in total. The highest BCUT2D eigenvalue weighted by Crippen LogP contribution is 2.51. The van der Waals surface area contributed by atoms with Crippen LogP contribution in [0.4, 0.5) is 34.1 Å². The minimum Gasteiger partial charge on any atom is -0.311 e. The summed E-state index contributed by atoms with van der Waals surface area (Å²) in [7, 11) is 0. The number of hydrogen-bond acceptors (Lipinski definition) is 2. The zero-order valence-electron chi connectivity index (χ0n) is 64.7. The maximum atomic E-state index is 2.63. The summed E-state index contributed by atoms with van der Waals surface area (Å²) >= 11 is 0. The number of rotatable bonds is 10. The number of nitrogens with zero attached hydrogens (tertiary/aromatic N) is 4. The van der Waals surface area contributed by atoms with Crippen molar-refractivity contribution in [1.29, 1.82) is 0 Å². The van der Waals surface area contributed by atoms with E-state index in [1.165, 1.54) is 99.4 Å². The third-order valence-electron chi connectivity index (χ3n) is 22.6. The lowest BCUT2D eigenvalue weighted by atomic mass is 9.33. The van der Waals surface area contributed by atoms with Crippen LogP contribution in [0.1, 0.15) is 132 Å². The Kier molecular flexibility index (Phi) is 16.5. The van der Waals surface area contributed by atoms with Crippen LogP contribution in [0.15, 0.2) is 303 Å². The molecule has 13 aromatic carbocycles. The van der Waals surface area contributed by atoms with Crippen LogP contribution >= 0.6 is 0 Å². The molecule has 526 valence electrons. The number of anilines is 6. The minimum absolute atomic E-state index is 0.0391. The molecule has 0 saturated carbocycles. The highest BCUT2D eigenvalue weighted by Gasteiger charge is 2.45. The molecule has 0 fully saturated rings. The molecule has 0 saturated heterocycles. The highest BCUT2D eigenvalue weighted by molar-refractivity contribution is 7.00. The van der Waals surface area contributed by atoms with E-state index in [-0.39, 0.29) is 33.8 Å². The fourth-order valence-corrected chi connectivity index (χ4v) is 16.7. The van der Waals surface area contributed by atoms with Crippen molar-refractivity contribution in [3.8, 4) is 78.7 Å². The van der Waals surface area contributed by atoms with Crippen molar-refractivity contribution in [2.24, 2.45) is 0 Å². The fraction of sp³-hybridized carbons (Fsp3) is 0.196. The third kappa shape index (κ3) is 12.1. The minimum atomic E-state index is -0.275. The average Bonchev–Trinajstić information content (AvgIpc) is 0.752. The standard InChI is InChI=1S/C102H95BN4/c1-98(2,3)74-56-72(57-75(60-74)99(4,5)6)66-44-48-79(49-45-66)104-89-64-81(106-94(68-32-20-16-21-33-68)83-40-28-29-41-84(83)95(106)69-34-22-17-23-35-69)52-54-87(89)103-88-55-53-82(107-96(70-36-24-18-25-37-70)85-42-30-31-43-86(85)97(107)71-38-26-19-27-39-71)65-90(88)105(92-63-78(102(13,14)15)62-91(104)93(92)103)80-50-46-67(47-51-80)73-58-76(100(7,8)9)61-77(59-73)101(10,11)12/h16-65H,1-15H3. The molecule has 5 heteroatoms. The summed E-state index contributed by atoms with van der Waals surface area (Å²) < 4.78 is 5.12. The maximum absolute atomic E-state index is 2.63. The van der Waals surface area contributed by atoms with Gasteiger partial charge in [0.2, 0.25) is 0 Å². The van der Waals surface area contributed by atoms with Gasteiger partial charge in [0.25, 0.3) is 6.71 Å². The summed E-state index contributed by atoms with van der Waals surface area (Å²) in [6.07, 6.45) is 0. The molecule has 15 aromatic rings. The van der Waals surface area contributed by atoms with Gasteiger partial charge >= 0.3 is 0 Å². The fourth-order valence-electron chi connectivity index (χ4n) is 16.7. The SMILES string of the molecule is CC(C)(C)c1cc(-c2ccc(N3c4cc(-n5c(-c6ccccc6)c6ccccc6c5-c5ccccc5)ccc4B4c5ccc(-n6c(-c7ccccc7)c7ccccc7c6-c6ccccc6)cc5N(c5ccc(-c6cc(C(C)(C)C)cc(C(C)(C)C)c6)cc5)c5cc(C(C)(C)C)cc3c54)cc2)cc(C(C)(C)C)c1. The Morgan fingerprint density at radius 2 is 0.458 bits per heavy atom. The van der Waals surface area contributed by atoms with Crippen molar-refractivity contribution in [2.45, 2.75) is 131 Å². The van der Waals surface area contributed by atoms with E-state index in [1.807, 2.05) is 0 Å². The first-order valence-corrected chi connectivity index (χ1v) is 38.3. The summed E-state index contributed by atoms with van der Waals surface area (Å²) in [5.74, 6) is 0. The molecule has 0 radical (unpaired) electrons.